The molecule has 0 N–H and O–H groups in total. The van der Waals surface area contributed by atoms with Crippen LogP contribution >= 0.6 is 0 Å². The SMILES string of the molecule is CCN(CC)c1ccc(/C=C2\Oc3cc(OC(=O)c4cc5cccc(OC)c5o4)cc(C)c3C2=O)cc1. The highest BCUT2D eigenvalue weighted by Crippen LogP contribution is 2.38. The normalized spacial score (nSPS) is 13.5. The fourth-order valence-corrected chi connectivity index (χ4v) is 4.51. The minimum absolute atomic E-state index is 0.0448. The van der Waals surface area contributed by atoms with Gasteiger partial charge >= 0.3 is 5.97 Å². The van der Waals surface area contributed by atoms with Gasteiger partial charge in [0.15, 0.2) is 17.1 Å². The number of carbonyl (C=O) groups is 2. The van der Waals surface area contributed by atoms with Crippen molar-refractivity contribution in [2.45, 2.75) is 20.8 Å². The Morgan fingerprint density at radius 3 is 2.49 bits per heavy atom. The number of rotatable bonds is 7. The van der Waals surface area contributed by atoms with Crippen LogP contribution in [-0.2, 0) is 0 Å². The first kappa shape index (κ1) is 24.2. The number of anilines is 1. The van der Waals surface area contributed by atoms with E-state index in [-0.39, 0.29) is 23.1 Å². The molecule has 0 saturated heterocycles. The van der Waals surface area contributed by atoms with E-state index in [0.29, 0.717) is 28.2 Å². The average Bonchev–Trinajstić information content (AvgIpc) is 3.47. The molecule has 188 valence electrons. The second-order valence-electron chi connectivity index (χ2n) is 8.70. The third-order valence-electron chi connectivity index (χ3n) is 6.40. The average molecular weight is 498 g/mol. The van der Waals surface area contributed by atoms with E-state index in [1.54, 1.807) is 37.3 Å². The Morgan fingerprint density at radius 1 is 1.03 bits per heavy atom. The van der Waals surface area contributed by atoms with Crippen molar-refractivity contribution in [1.82, 2.24) is 0 Å². The van der Waals surface area contributed by atoms with E-state index in [2.05, 4.69) is 18.7 Å². The van der Waals surface area contributed by atoms with E-state index in [9.17, 15) is 9.59 Å². The number of para-hydroxylation sites is 1. The van der Waals surface area contributed by atoms with Crippen LogP contribution in [0, 0.1) is 6.92 Å². The van der Waals surface area contributed by atoms with Crippen LogP contribution in [0.25, 0.3) is 17.0 Å². The first-order valence-electron chi connectivity index (χ1n) is 12.1. The number of Topliss-reactive ketones (excluding diaryl/α,β-unsaturated/α-hetero) is 1. The minimum Gasteiger partial charge on any atom is -0.493 e. The molecule has 1 aliphatic rings. The van der Waals surface area contributed by atoms with Crippen LogP contribution in [0.1, 0.15) is 45.9 Å². The number of allylic oxidation sites excluding steroid dienone is 1. The summed E-state index contributed by atoms with van der Waals surface area (Å²) in [5.74, 6) is 0.536. The second-order valence-corrected chi connectivity index (χ2v) is 8.70. The van der Waals surface area contributed by atoms with Crippen LogP contribution in [-0.4, -0.2) is 32.0 Å². The molecule has 0 fully saturated rings. The molecule has 0 saturated carbocycles. The second kappa shape index (κ2) is 9.85. The summed E-state index contributed by atoms with van der Waals surface area (Å²) in [5, 5.41) is 0.727. The summed E-state index contributed by atoms with van der Waals surface area (Å²) < 4.78 is 22.4. The molecule has 1 aliphatic heterocycles. The van der Waals surface area contributed by atoms with Gasteiger partial charge < -0.3 is 23.5 Å². The summed E-state index contributed by atoms with van der Waals surface area (Å²) >= 11 is 0. The van der Waals surface area contributed by atoms with Gasteiger partial charge in [0.1, 0.15) is 11.5 Å². The molecule has 7 heteroatoms. The van der Waals surface area contributed by atoms with Gasteiger partial charge in [-0.1, -0.05) is 24.3 Å². The summed E-state index contributed by atoms with van der Waals surface area (Å²) in [6, 6.07) is 18.2. The van der Waals surface area contributed by atoms with Crippen molar-refractivity contribution in [1.29, 1.82) is 0 Å². The molecular weight excluding hydrogens is 470 g/mol. The van der Waals surface area contributed by atoms with Gasteiger partial charge in [0.25, 0.3) is 0 Å². The number of nitrogens with zero attached hydrogens (tertiary/aromatic N) is 1. The van der Waals surface area contributed by atoms with E-state index in [1.807, 2.05) is 36.4 Å². The number of esters is 1. The molecule has 7 nitrogen and oxygen atoms in total. The summed E-state index contributed by atoms with van der Waals surface area (Å²) in [4.78, 5) is 28.1. The number of carbonyl (C=O) groups excluding carboxylic acids is 2. The van der Waals surface area contributed by atoms with Crippen molar-refractivity contribution < 1.29 is 28.2 Å². The fourth-order valence-electron chi connectivity index (χ4n) is 4.51. The van der Waals surface area contributed by atoms with Crippen LogP contribution in [0.15, 0.2) is 70.8 Å². The van der Waals surface area contributed by atoms with E-state index in [4.69, 9.17) is 18.6 Å². The van der Waals surface area contributed by atoms with Crippen molar-refractivity contribution >= 4 is 34.5 Å². The Hall–Kier alpha value is -4.52. The number of furan rings is 1. The van der Waals surface area contributed by atoms with Crippen molar-refractivity contribution in [2.24, 2.45) is 0 Å². The molecule has 0 unspecified atom stereocenters. The molecule has 0 spiro atoms. The zero-order chi connectivity index (χ0) is 26.1. The Kier molecular flexibility index (Phi) is 6.44. The van der Waals surface area contributed by atoms with Crippen LogP contribution < -0.4 is 19.1 Å². The number of hydrogen-bond acceptors (Lipinski definition) is 7. The molecule has 0 aliphatic carbocycles. The number of hydrogen-bond donors (Lipinski definition) is 0. The standard InChI is InChI=1S/C30H27NO6/c1-5-31(6-2)21-12-10-19(11-13-21)15-25-28(32)27-18(3)14-22(17-24(27)36-25)35-30(33)26-16-20-8-7-9-23(34-4)29(20)37-26/h7-17H,5-6H2,1-4H3/b25-15-. The van der Waals surface area contributed by atoms with Crippen LogP contribution in [0.2, 0.25) is 0 Å². The maximum absolute atomic E-state index is 13.1. The van der Waals surface area contributed by atoms with E-state index in [0.717, 1.165) is 29.7 Å². The molecular formula is C30H27NO6. The molecule has 0 atom stereocenters. The summed E-state index contributed by atoms with van der Waals surface area (Å²) in [6.45, 7) is 7.85. The van der Waals surface area contributed by atoms with E-state index in [1.165, 1.54) is 7.11 Å². The first-order chi connectivity index (χ1) is 17.9. The van der Waals surface area contributed by atoms with Crippen molar-refractivity contribution in [3.05, 3.63) is 88.9 Å². The summed E-state index contributed by atoms with van der Waals surface area (Å²) in [6.07, 6.45) is 1.72. The summed E-state index contributed by atoms with van der Waals surface area (Å²) in [7, 11) is 1.54. The van der Waals surface area contributed by atoms with Crippen molar-refractivity contribution in [3.63, 3.8) is 0 Å². The molecule has 5 rings (SSSR count). The first-order valence-corrected chi connectivity index (χ1v) is 12.1. The number of ketones is 1. The van der Waals surface area contributed by atoms with Crippen molar-refractivity contribution in [2.75, 3.05) is 25.1 Å². The van der Waals surface area contributed by atoms with Crippen molar-refractivity contribution in [3.8, 4) is 17.2 Å². The Bertz CT molecular complexity index is 1530. The lowest BCUT2D eigenvalue weighted by Gasteiger charge is -2.20. The monoisotopic (exact) mass is 497 g/mol. The maximum Gasteiger partial charge on any atom is 0.379 e. The zero-order valence-corrected chi connectivity index (χ0v) is 21.2. The van der Waals surface area contributed by atoms with Gasteiger partial charge in [0, 0.05) is 30.2 Å². The van der Waals surface area contributed by atoms with Gasteiger partial charge in [-0.05, 0) is 68.3 Å². The fraction of sp³-hybridized carbons (Fsp3) is 0.200. The smallest absolute Gasteiger partial charge is 0.379 e. The molecule has 0 bridgehead atoms. The number of ether oxygens (including phenoxy) is 3. The highest BCUT2D eigenvalue weighted by Gasteiger charge is 2.30. The highest BCUT2D eigenvalue weighted by atomic mass is 16.6. The Morgan fingerprint density at radius 2 is 1.78 bits per heavy atom. The van der Waals surface area contributed by atoms with Crippen LogP contribution in [0.3, 0.4) is 0 Å². The molecule has 2 heterocycles. The molecule has 3 aromatic carbocycles. The number of fused-ring (bicyclic) bond motifs is 2. The highest BCUT2D eigenvalue weighted by molar-refractivity contribution is 6.15. The third kappa shape index (κ3) is 4.56. The minimum atomic E-state index is -0.661. The van der Waals surface area contributed by atoms with Gasteiger partial charge in [0.05, 0.1) is 12.7 Å². The van der Waals surface area contributed by atoms with E-state index >= 15 is 0 Å². The van der Waals surface area contributed by atoms with Gasteiger partial charge in [0.2, 0.25) is 11.5 Å². The zero-order valence-electron chi connectivity index (χ0n) is 21.2. The topological polar surface area (TPSA) is 78.2 Å². The van der Waals surface area contributed by atoms with Crippen LogP contribution in [0.5, 0.6) is 17.2 Å². The van der Waals surface area contributed by atoms with Gasteiger partial charge in [-0.25, -0.2) is 4.79 Å². The van der Waals surface area contributed by atoms with E-state index < -0.39 is 5.97 Å². The lowest BCUT2D eigenvalue weighted by Crippen LogP contribution is -2.21. The lowest BCUT2D eigenvalue weighted by molar-refractivity contribution is 0.0703. The van der Waals surface area contributed by atoms with Gasteiger partial charge in [-0.3, -0.25) is 4.79 Å². The Labute approximate surface area is 214 Å². The lowest BCUT2D eigenvalue weighted by atomic mass is 10.0. The summed E-state index contributed by atoms with van der Waals surface area (Å²) in [5.41, 5.74) is 3.56. The maximum atomic E-state index is 13.1. The number of methoxy groups -OCH3 is 1. The quantitative estimate of drug-likeness (QED) is 0.165. The molecule has 1 aromatic heterocycles. The predicted octanol–water partition coefficient (Wildman–Crippen LogP) is 6.43. The number of aryl methyl sites for hydroxylation is 1. The molecule has 4 aromatic rings. The molecule has 0 radical (unpaired) electrons. The predicted molar refractivity (Wildman–Crippen MR) is 142 cm³/mol. The molecule has 0 amide bonds. The van der Waals surface area contributed by atoms with Gasteiger partial charge in [-0.15, -0.1) is 0 Å². The number of benzene rings is 3. The van der Waals surface area contributed by atoms with Crippen LogP contribution in [0.4, 0.5) is 5.69 Å². The molecule has 37 heavy (non-hydrogen) atoms. The Balaban J connectivity index is 1.36. The van der Waals surface area contributed by atoms with Gasteiger partial charge in [-0.2, -0.15) is 0 Å². The third-order valence-corrected chi connectivity index (χ3v) is 6.40. The largest absolute Gasteiger partial charge is 0.493 e.